The predicted octanol–water partition coefficient (Wildman–Crippen LogP) is 4.29. The second kappa shape index (κ2) is 7.27. The fourth-order valence-electron chi connectivity index (χ4n) is 4.11. The molecule has 3 rings (SSSR count). The van der Waals surface area contributed by atoms with Gasteiger partial charge < -0.3 is 14.6 Å². The number of rotatable bonds is 5. The first kappa shape index (κ1) is 16.8. The molecule has 2 aromatic rings. The van der Waals surface area contributed by atoms with Crippen LogP contribution >= 0.6 is 0 Å². The molecule has 0 saturated heterocycles. The average molecular weight is 326 g/mol. The van der Waals surface area contributed by atoms with E-state index in [1.807, 2.05) is 24.3 Å². The van der Waals surface area contributed by atoms with E-state index in [0.717, 1.165) is 30.8 Å². The lowest BCUT2D eigenvalue weighted by Gasteiger charge is -2.44. The first-order valence-electron chi connectivity index (χ1n) is 8.63. The Balaban J connectivity index is 2.00. The summed E-state index contributed by atoms with van der Waals surface area (Å²) in [5, 5.41) is 10.4. The monoisotopic (exact) mass is 326 g/mol. The van der Waals surface area contributed by atoms with Gasteiger partial charge in [0.25, 0.3) is 0 Å². The fraction of sp³-hybridized carbons (Fsp3) is 0.429. The third-order valence-electron chi connectivity index (χ3n) is 5.50. The lowest BCUT2D eigenvalue weighted by Crippen LogP contribution is -2.40. The fourth-order valence-corrected chi connectivity index (χ4v) is 4.11. The molecule has 24 heavy (non-hydrogen) atoms. The summed E-state index contributed by atoms with van der Waals surface area (Å²) >= 11 is 0. The lowest BCUT2D eigenvalue weighted by atomic mass is 9.61. The Kier molecular flexibility index (Phi) is 5.10. The second-order valence-corrected chi connectivity index (χ2v) is 6.61. The molecule has 1 aliphatic carbocycles. The Morgan fingerprint density at radius 3 is 2.04 bits per heavy atom. The Morgan fingerprint density at radius 2 is 1.50 bits per heavy atom. The topological polar surface area (TPSA) is 38.7 Å². The molecule has 0 aliphatic heterocycles. The van der Waals surface area contributed by atoms with E-state index in [9.17, 15) is 5.11 Å². The zero-order valence-corrected chi connectivity index (χ0v) is 14.5. The van der Waals surface area contributed by atoms with Gasteiger partial charge in [0.1, 0.15) is 11.5 Å². The van der Waals surface area contributed by atoms with E-state index in [4.69, 9.17) is 9.47 Å². The first-order valence-corrected chi connectivity index (χ1v) is 8.63. The largest absolute Gasteiger partial charge is 0.497 e. The van der Waals surface area contributed by atoms with Gasteiger partial charge in [-0.25, -0.2) is 0 Å². The molecule has 3 nitrogen and oxygen atoms in total. The van der Waals surface area contributed by atoms with Gasteiger partial charge >= 0.3 is 0 Å². The highest BCUT2D eigenvalue weighted by Crippen LogP contribution is 2.49. The molecule has 2 aromatic carbocycles. The van der Waals surface area contributed by atoms with Gasteiger partial charge in [0.15, 0.2) is 0 Å². The predicted molar refractivity (Wildman–Crippen MR) is 96.0 cm³/mol. The molecule has 128 valence electrons. The van der Waals surface area contributed by atoms with E-state index in [0.29, 0.717) is 5.92 Å². The number of hydrogen-bond acceptors (Lipinski definition) is 3. The Morgan fingerprint density at radius 1 is 0.917 bits per heavy atom. The Labute approximate surface area is 144 Å². The standard InChI is InChI=1S/C21H26O3/c1-23-18-10-6-16(7-11-18)20-5-3-4-14-21(20,15-22)17-8-12-19(24-2)13-9-17/h6-13,20,22H,3-5,14-15H2,1-2H3. The van der Waals surface area contributed by atoms with Crippen LogP contribution in [-0.4, -0.2) is 25.9 Å². The van der Waals surface area contributed by atoms with E-state index in [2.05, 4.69) is 24.3 Å². The lowest BCUT2D eigenvalue weighted by molar-refractivity contribution is 0.129. The summed E-state index contributed by atoms with van der Waals surface area (Å²) in [7, 11) is 3.36. The van der Waals surface area contributed by atoms with Crippen LogP contribution in [0, 0.1) is 0 Å². The van der Waals surface area contributed by atoms with Gasteiger partial charge in [-0.05, 0) is 54.2 Å². The normalized spacial score (nSPS) is 23.7. The minimum Gasteiger partial charge on any atom is -0.497 e. The van der Waals surface area contributed by atoms with Crippen LogP contribution < -0.4 is 9.47 Å². The molecule has 0 amide bonds. The summed E-state index contributed by atoms with van der Waals surface area (Å²) in [5.41, 5.74) is 2.26. The van der Waals surface area contributed by atoms with Gasteiger partial charge in [0.2, 0.25) is 0 Å². The molecule has 2 unspecified atom stereocenters. The maximum Gasteiger partial charge on any atom is 0.118 e. The van der Waals surface area contributed by atoms with Gasteiger partial charge in [-0.15, -0.1) is 0 Å². The smallest absolute Gasteiger partial charge is 0.118 e. The van der Waals surface area contributed by atoms with Crippen LogP contribution in [0.1, 0.15) is 42.7 Å². The van der Waals surface area contributed by atoms with Gasteiger partial charge in [-0.2, -0.15) is 0 Å². The summed E-state index contributed by atoms with van der Waals surface area (Å²) in [5.74, 6) is 2.04. The van der Waals surface area contributed by atoms with Crippen LogP contribution in [0.25, 0.3) is 0 Å². The average Bonchev–Trinajstić information content (AvgIpc) is 2.68. The van der Waals surface area contributed by atoms with Crippen LogP contribution in [0.15, 0.2) is 48.5 Å². The number of aliphatic hydroxyl groups is 1. The first-order chi connectivity index (χ1) is 11.7. The Bertz CT molecular complexity index is 648. The minimum atomic E-state index is -0.223. The number of aliphatic hydroxyl groups excluding tert-OH is 1. The minimum absolute atomic E-state index is 0.163. The maximum absolute atomic E-state index is 10.4. The quantitative estimate of drug-likeness (QED) is 0.891. The van der Waals surface area contributed by atoms with Crippen molar-refractivity contribution < 1.29 is 14.6 Å². The highest BCUT2D eigenvalue weighted by Gasteiger charge is 2.42. The van der Waals surface area contributed by atoms with Crippen LogP contribution in [0.5, 0.6) is 11.5 Å². The van der Waals surface area contributed by atoms with E-state index in [-0.39, 0.29) is 12.0 Å². The molecule has 3 heteroatoms. The number of hydrogen-bond donors (Lipinski definition) is 1. The summed E-state index contributed by atoms with van der Waals surface area (Å²) in [6, 6.07) is 16.5. The summed E-state index contributed by atoms with van der Waals surface area (Å²) in [6.45, 7) is 0.163. The molecule has 2 atom stereocenters. The molecule has 0 radical (unpaired) electrons. The highest BCUT2D eigenvalue weighted by molar-refractivity contribution is 5.39. The van der Waals surface area contributed by atoms with Crippen molar-refractivity contribution in [3.05, 3.63) is 59.7 Å². The molecule has 1 saturated carbocycles. The van der Waals surface area contributed by atoms with Gasteiger partial charge in [0.05, 0.1) is 20.8 Å². The highest BCUT2D eigenvalue weighted by atomic mass is 16.5. The maximum atomic E-state index is 10.4. The molecule has 1 fully saturated rings. The van der Waals surface area contributed by atoms with E-state index in [1.54, 1.807) is 14.2 Å². The van der Waals surface area contributed by atoms with Crippen molar-refractivity contribution in [2.75, 3.05) is 20.8 Å². The van der Waals surface area contributed by atoms with Crippen molar-refractivity contribution in [3.8, 4) is 11.5 Å². The van der Waals surface area contributed by atoms with Crippen molar-refractivity contribution in [1.82, 2.24) is 0 Å². The third-order valence-corrected chi connectivity index (χ3v) is 5.50. The molecule has 1 aliphatic rings. The van der Waals surface area contributed by atoms with Gasteiger partial charge in [-0.3, -0.25) is 0 Å². The molecule has 0 bridgehead atoms. The van der Waals surface area contributed by atoms with Crippen molar-refractivity contribution in [3.63, 3.8) is 0 Å². The molecule has 0 aromatic heterocycles. The molecule has 0 heterocycles. The van der Waals surface area contributed by atoms with Crippen molar-refractivity contribution in [1.29, 1.82) is 0 Å². The van der Waals surface area contributed by atoms with Crippen molar-refractivity contribution in [2.45, 2.75) is 37.0 Å². The van der Waals surface area contributed by atoms with Crippen molar-refractivity contribution >= 4 is 0 Å². The summed E-state index contributed by atoms with van der Waals surface area (Å²) in [4.78, 5) is 0. The van der Waals surface area contributed by atoms with E-state index >= 15 is 0 Å². The SMILES string of the molecule is COc1ccc(C2CCCCC2(CO)c2ccc(OC)cc2)cc1. The Hall–Kier alpha value is -2.00. The van der Waals surface area contributed by atoms with E-state index < -0.39 is 0 Å². The third kappa shape index (κ3) is 3.01. The number of methoxy groups -OCH3 is 2. The zero-order valence-electron chi connectivity index (χ0n) is 14.5. The van der Waals surface area contributed by atoms with Crippen LogP contribution in [0.4, 0.5) is 0 Å². The van der Waals surface area contributed by atoms with Crippen LogP contribution in [0.2, 0.25) is 0 Å². The van der Waals surface area contributed by atoms with Crippen LogP contribution in [-0.2, 0) is 5.41 Å². The van der Waals surface area contributed by atoms with Gasteiger partial charge in [-0.1, -0.05) is 37.1 Å². The molecule has 0 spiro atoms. The van der Waals surface area contributed by atoms with Crippen LogP contribution in [0.3, 0.4) is 0 Å². The molecular formula is C21H26O3. The van der Waals surface area contributed by atoms with Crippen molar-refractivity contribution in [2.24, 2.45) is 0 Å². The second-order valence-electron chi connectivity index (χ2n) is 6.61. The summed E-state index contributed by atoms with van der Waals surface area (Å²) < 4.78 is 10.6. The van der Waals surface area contributed by atoms with E-state index in [1.165, 1.54) is 17.5 Å². The summed E-state index contributed by atoms with van der Waals surface area (Å²) in [6.07, 6.45) is 4.46. The van der Waals surface area contributed by atoms with Gasteiger partial charge in [0, 0.05) is 5.41 Å². The molecular weight excluding hydrogens is 300 g/mol. The number of benzene rings is 2. The zero-order chi connectivity index (χ0) is 17.0. The number of ether oxygens (including phenoxy) is 2. The molecule has 1 N–H and O–H groups in total.